The number of benzene rings is 1. The van der Waals surface area contributed by atoms with Crippen LogP contribution in [0.4, 0.5) is 0 Å². The van der Waals surface area contributed by atoms with Gasteiger partial charge < -0.3 is 14.4 Å². The number of fused-ring (bicyclic) bond motifs is 1. The second-order valence-corrected chi connectivity index (χ2v) is 6.89. The predicted octanol–water partition coefficient (Wildman–Crippen LogP) is 3.24. The Morgan fingerprint density at radius 1 is 1.09 bits per heavy atom. The number of hydrogen-bond acceptors (Lipinski definition) is 4. The van der Waals surface area contributed by atoms with Gasteiger partial charge in [-0.05, 0) is 51.4 Å². The van der Waals surface area contributed by atoms with Crippen LogP contribution in [0.25, 0.3) is 17.0 Å². The third-order valence-electron chi connectivity index (χ3n) is 4.69. The number of aliphatic hydroxyl groups is 1. The van der Waals surface area contributed by atoms with Gasteiger partial charge in [0, 0.05) is 5.39 Å². The van der Waals surface area contributed by atoms with Gasteiger partial charge in [0.05, 0.1) is 29.0 Å². The lowest BCUT2D eigenvalue weighted by molar-refractivity contribution is 0.00578. The second kappa shape index (κ2) is 5.75. The third kappa shape index (κ3) is 3.04. The van der Waals surface area contributed by atoms with Gasteiger partial charge in [0.2, 0.25) is 0 Å². The molecule has 4 nitrogen and oxygen atoms in total. The molecule has 1 aliphatic heterocycles. The number of nitrogens with zero attached hydrogens (tertiary/aromatic N) is 1. The molecule has 0 amide bonds. The van der Waals surface area contributed by atoms with Gasteiger partial charge >= 0.3 is 7.12 Å². The van der Waals surface area contributed by atoms with E-state index in [0.717, 1.165) is 16.6 Å². The van der Waals surface area contributed by atoms with Gasteiger partial charge in [-0.2, -0.15) is 0 Å². The molecule has 1 fully saturated rings. The van der Waals surface area contributed by atoms with Crippen molar-refractivity contribution in [2.75, 3.05) is 6.61 Å². The van der Waals surface area contributed by atoms with E-state index in [1.54, 1.807) is 0 Å². The van der Waals surface area contributed by atoms with E-state index in [-0.39, 0.29) is 6.61 Å². The first-order valence-corrected chi connectivity index (χ1v) is 7.85. The van der Waals surface area contributed by atoms with Crippen LogP contribution in [0.1, 0.15) is 33.4 Å². The van der Waals surface area contributed by atoms with E-state index in [1.807, 2.05) is 70.2 Å². The van der Waals surface area contributed by atoms with Crippen molar-refractivity contribution in [2.24, 2.45) is 0 Å². The number of aliphatic hydroxyl groups excluding tert-OH is 1. The highest BCUT2D eigenvalue weighted by Gasteiger charge is 2.52. The molecule has 0 aliphatic carbocycles. The fourth-order valence-electron chi connectivity index (χ4n) is 2.53. The van der Waals surface area contributed by atoms with Crippen LogP contribution >= 0.6 is 0 Å². The molecule has 0 radical (unpaired) electrons. The quantitative estimate of drug-likeness (QED) is 0.884. The summed E-state index contributed by atoms with van der Waals surface area (Å²) in [5.74, 6) is 0. The number of hydrogen-bond donors (Lipinski definition) is 1. The second-order valence-electron chi connectivity index (χ2n) is 6.89. The highest BCUT2D eigenvalue weighted by molar-refractivity contribution is 6.55. The van der Waals surface area contributed by atoms with Crippen LogP contribution < -0.4 is 0 Å². The summed E-state index contributed by atoms with van der Waals surface area (Å²) in [4.78, 5) is 4.61. The molecular weight excluding hydrogens is 289 g/mol. The van der Waals surface area contributed by atoms with Gasteiger partial charge in [0.25, 0.3) is 0 Å². The summed E-state index contributed by atoms with van der Waals surface area (Å²) < 4.78 is 12.0. The van der Waals surface area contributed by atoms with Crippen molar-refractivity contribution in [3.05, 3.63) is 47.6 Å². The SMILES string of the molecule is CC1(C)OB(C(=Cc2ccc3ccccc3n2)CO)OC1(C)C. The minimum absolute atomic E-state index is 0.134. The molecule has 1 saturated heterocycles. The van der Waals surface area contributed by atoms with Gasteiger partial charge in [-0.15, -0.1) is 0 Å². The molecule has 2 heterocycles. The van der Waals surface area contributed by atoms with Crippen molar-refractivity contribution < 1.29 is 14.4 Å². The maximum Gasteiger partial charge on any atom is 0.492 e. The number of rotatable bonds is 3. The molecule has 5 heteroatoms. The first kappa shape index (κ1) is 16.2. The molecular formula is C18H22BNO3. The zero-order valence-electron chi connectivity index (χ0n) is 14.0. The van der Waals surface area contributed by atoms with Crippen LogP contribution in [0, 0.1) is 0 Å². The molecule has 23 heavy (non-hydrogen) atoms. The molecule has 2 aromatic rings. The summed E-state index contributed by atoms with van der Waals surface area (Å²) in [7, 11) is -0.557. The van der Waals surface area contributed by atoms with Gasteiger partial charge in [0.15, 0.2) is 0 Å². The Morgan fingerprint density at radius 3 is 2.39 bits per heavy atom. The van der Waals surface area contributed by atoms with E-state index in [0.29, 0.717) is 5.47 Å². The Morgan fingerprint density at radius 2 is 1.74 bits per heavy atom. The van der Waals surface area contributed by atoms with Crippen LogP contribution in [0.5, 0.6) is 0 Å². The average molecular weight is 311 g/mol. The van der Waals surface area contributed by atoms with Gasteiger partial charge in [-0.1, -0.05) is 24.3 Å². The van der Waals surface area contributed by atoms with Crippen molar-refractivity contribution >= 4 is 24.1 Å². The fraction of sp³-hybridized carbons (Fsp3) is 0.389. The summed E-state index contributed by atoms with van der Waals surface area (Å²) >= 11 is 0. The minimum atomic E-state index is -0.557. The molecule has 1 N–H and O–H groups in total. The molecule has 0 atom stereocenters. The van der Waals surface area contributed by atoms with E-state index in [9.17, 15) is 5.11 Å². The standard InChI is InChI=1S/C18H22BNO3/c1-17(2)18(3,4)23-19(22-17)14(12-21)11-15-10-9-13-7-5-6-8-16(13)20-15/h5-11,21H,12H2,1-4H3. The monoisotopic (exact) mass is 311 g/mol. The minimum Gasteiger partial charge on any atom is -0.400 e. The van der Waals surface area contributed by atoms with E-state index in [2.05, 4.69) is 4.98 Å². The largest absolute Gasteiger partial charge is 0.492 e. The van der Waals surface area contributed by atoms with Crippen molar-refractivity contribution in [2.45, 2.75) is 38.9 Å². The summed E-state index contributed by atoms with van der Waals surface area (Å²) in [5.41, 5.74) is 1.52. The van der Waals surface area contributed by atoms with Crippen LogP contribution in [-0.2, 0) is 9.31 Å². The predicted molar refractivity (Wildman–Crippen MR) is 92.9 cm³/mol. The van der Waals surface area contributed by atoms with E-state index >= 15 is 0 Å². The first-order chi connectivity index (χ1) is 10.8. The number of aromatic nitrogens is 1. The Labute approximate surface area is 137 Å². The summed E-state index contributed by atoms with van der Waals surface area (Å²) in [6.07, 6.45) is 1.84. The molecule has 0 unspecified atom stereocenters. The zero-order chi connectivity index (χ0) is 16.7. The molecule has 120 valence electrons. The molecule has 0 bridgehead atoms. The van der Waals surface area contributed by atoms with Gasteiger partial charge in [0.1, 0.15) is 0 Å². The fourth-order valence-corrected chi connectivity index (χ4v) is 2.53. The van der Waals surface area contributed by atoms with Crippen LogP contribution in [-0.4, -0.2) is 35.0 Å². The van der Waals surface area contributed by atoms with Crippen molar-refractivity contribution in [3.8, 4) is 0 Å². The topological polar surface area (TPSA) is 51.6 Å². The van der Waals surface area contributed by atoms with Gasteiger partial charge in [-0.3, -0.25) is 0 Å². The summed E-state index contributed by atoms with van der Waals surface area (Å²) in [5, 5.41) is 10.8. The first-order valence-electron chi connectivity index (χ1n) is 7.85. The Bertz CT molecular complexity index is 739. The maximum absolute atomic E-state index is 9.75. The smallest absolute Gasteiger partial charge is 0.400 e. The van der Waals surface area contributed by atoms with Crippen LogP contribution in [0.15, 0.2) is 41.9 Å². The molecule has 1 aromatic heterocycles. The molecule has 0 spiro atoms. The lowest BCUT2D eigenvalue weighted by atomic mass is 9.78. The van der Waals surface area contributed by atoms with E-state index in [1.165, 1.54) is 0 Å². The van der Waals surface area contributed by atoms with Crippen LogP contribution in [0.3, 0.4) is 0 Å². The third-order valence-corrected chi connectivity index (χ3v) is 4.69. The molecule has 0 saturated carbocycles. The van der Waals surface area contributed by atoms with Gasteiger partial charge in [-0.25, -0.2) is 4.98 Å². The Balaban J connectivity index is 1.92. The van der Waals surface area contributed by atoms with Crippen LogP contribution in [0.2, 0.25) is 0 Å². The Hall–Kier alpha value is -1.69. The summed E-state index contributed by atoms with van der Waals surface area (Å²) in [6.45, 7) is 7.85. The Kier molecular flexibility index (Phi) is 4.04. The maximum atomic E-state index is 9.75. The van der Waals surface area contributed by atoms with Crippen molar-refractivity contribution in [1.82, 2.24) is 4.98 Å². The number of pyridine rings is 1. The molecule has 3 rings (SSSR count). The molecule has 1 aromatic carbocycles. The van der Waals surface area contributed by atoms with E-state index < -0.39 is 18.3 Å². The van der Waals surface area contributed by atoms with E-state index in [4.69, 9.17) is 9.31 Å². The normalized spacial score (nSPS) is 20.2. The highest BCUT2D eigenvalue weighted by Crippen LogP contribution is 2.38. The van der Waals surface area contributed by atoms with Crippen molar-refractivity contribution in [3.63, 3.8) is 0 Å². The number of para-hydroxylation sites is 1. The average Bonchev–Trinajstić information content (AvgIpc) is 2.72. The molecule has 1 aliphatic rings. The lowest BCUT2D eigenvalue weighted by Crippen LogP contribution is -2.41. The zero-order valence-corrected chi connectivity index (χ0v) is 14.0. The lowest BCUT2D eigenvalue weighted by Gasteiger charge is -2.32. The summed E-state index contributed by atoms with van der Waals surface area (Å²) in [6, 6.07) is 11.9. The van der Waals surface area contributed by atoms with Crippen molar-refractivity contribution in [1.29, 1.82) is 0 Å². The highest BCUT2D eigenvalue weighted by atomic mass is 16.7.